The highest BCUT2D eigenvalue weighted by Crippen LogP contribution is 2.21. The van der Waals surface area contributed by atoms with Crippen LogP contribution >= 0.6 is 22.5 Å². The Morgan fingerprint density at radius 2 is 1.90 bits per heavy atom. The van der Waals surface area contributed by atoms with Gasteiger partial charge in [0.05, 0.1) is 5.37 Å². The predicted molar refractivity (Wildman–Crippen MR) is 51.5 cm³/mol. The van der Waals surface area contributed by atoms with Crippen LogP contribution in [0, 0.1) is 0 Å². The maximum Gasteiger partial charge on any atom is 0.0630 e. The summed E-state index contributed by atoms with van der Waals surface area (Å²) in [6.45, 7) is 4.77. The Hall–Kier alpha value is 0.660. The van der Waals surface area contributed by atoms with Crippen molar-refractivity contribution in [2.75, 3.05) is 13.1 Å². The maximum absolute atomic E-state index is 4.20. The number of hydrogen-bond donors (Lipinski definition) is 1. The van der Waals surface area contributed by atoms with Crippen molar-refractivity contribution in [3.63, 3.8) is 0 Å². The molecule has 1 atom stereocenters. The van der Waals surface area contributed by atoms with E-state index in [1.807, 2.05) is 0 Å². The molecule has 0 bridgehead atoms. The molecule has 0 aromatic heterocycles. The lowest BCUT2D eigenvalue weighted by molar-refractivity contribution is 0.223. The Morgan fingerprint density at radius 3 is 2.40 bits per heavy atom. The predicted octanol–water partition coefficient (Wildman–Crippen LogP) is 2.40. The second kappa shape index (κ2) is 4.52. The van der Waals surface area contributed by atoms with Crippen LogP contribution in [0.15, 0.2) is 0 Å². The Morgan fingerprint density at radius 1 is 1.30 bits per heavy atom. The molecule has 1 aliphatic rings. The van der Waals surface area contributed by atoms with Gasteiger partial charge in [0.15, 0.2) is 0 Å². The first-order valence-corrected chi connectivity index (χ1v) is 5.82. The van der Waals surface area contributed by atoms with Gasteiger partial charge in [0, 0.05) is 0 Å². The van der Waals surface area contributed by atoms with Crippen molar-refractivity contribution in [3.05, 3.63) is 0 Å². The molecule has 1 unspecified atom stereocenters. The van der Waals surface area contributed by atoms with Crippen LogP contribution in [0.4, 0.5) is 0 Å². The van der Waals surface area contributed by atoms with Crippen molar-refractivity contribution in [2.45, 2.75) is 31.6 Å². The zero-order valence-corrected chi connectivity index (χ0v) is 8.13. The molecule has 0 aromatic carbocycles. The fourth-order valence-electron chi connectivity index (χ4n) is 1.35. The second-order valence-electron chi connectivity index (χ2n) is 2.80. The molecule has 0 saturated carbocycles. The molecule has 0 aromatic rings. The molecule has 1 heterocycles. The highest BCUT2D eigenvalue weighted by atomic mass is 33.1. The molecule has 0 spiro atoms. The van der Waals surface area contributed by atoms with E-state index >= 15 is 0 Å². The topological polar surface area (TPSA) is 3.24 Å². The van der Waals surface area contributed by atoms with E-state index in [4.69, 9.17) is 0 Å². The molecule has 60 valence electrons. The molecular weight excluding hydrogens is 162 g/mol. The van der Waals surface area contributed by atoms with Crippen molar-refractivity contribution < 1.29 is 0 Å². The summed E-state index contributed by atoms with van der Waals surface area (Å²) in [4.78, 5) is 2.50. The van der Waals surface area contributed by atoms with Crippen molar-refractivity contribution >= 4 is 22.5 Å². The van der Waals surface area contributed by atoms with E-state index in [9.17, 15) is 0 Å². The molecule has 0 radical (unpaired) electrons. The van der Waals surface area contributed by atoms with E-state index in [1.54, 1.807) is 10.8 Å². The largest absolute Gasteiger partial charge is 0.291 e. The molecule has 1 rings (SSSR count). The summed E-state index contributed by atoms with van der Waals surface area (Å²) < 4.78 is 0. The average molecular weight is 177 g/mol. The van der Waals surface area contributed by atoms with Crippen LogP contribution in [0.1, 0.15) is 26.2 Å². The first-order valence-electron chi connectivity index (χ1n) is 3.89. The molecule has 0 amide bonds. The smallest absolute Gasteiger partial charge is 0.0630 e. The second-order valence-corrected chi connectivity index (χ2v) is 4.33. The fourth-order valence-corrected chi connectivity index (χ4v) is 2.09. The van der Waals surface area contributed by atoms with E-state index < -0.39 is 0 Å². The highest BCUT2D eigenvalue weighted by molar-refractivity contribution is 8.68. The molecule has 10 heavy (non-hydrogen) atoms. The number of piperidine rings is 1. The number of hydrogen-bond acceptors (Lipinski definition) is 3. The quantitative estimate of drug-likeness (QED) is 0.509. The Bertz CT molecular complexity index is 91.6. The molecule has 3 heteroatoms. The summed E-state index contributed by atoms with van der Waals surface area (Å²) in [5.41, 5.74) is 0. The van der Waals surface area contributed by atoms with Crippen LogP contribution in [0.2, 0.25) is 0 Å². The van der Waals surface area contributed by atoms with Gasteiger partial charge < -0.3 is 0 Å². The monoisotopic (exact) mass is 177 g/mol. The third kappa shape index (κ3) is 2.36. The van der Waals surface area contributed by atoms with Crippen LogP contribution in [-0.4, -0.2) is 23.4 Å². The molecule has 0 aliphatic carbocycles. The van der Waals surface area contributed by atoms with Gasteiger partial charge in [-0.05, 0) is 32.9 Å². The van der Waals surface area contributed by atoms with Gasteiger partial charge in [0.2, 0.25) is 0 Å². The van der Waals surface area contributed by atoms with Crippen LogP contribution in [0.5, 0.6) is 0 Å². The van der Waals surface area contributed by atoms with E-state index in [0.717, 1.165) is 0 Å². The zero-order chi connectivity index (χ0) is 7.40. The molecule has 1 nitrogen and oxygen atoms in total. The van der Waals surface area contributed by atoms with Gasteiger partial charge in [-0.15, -0.1) is 11.7 Å². The van der Waals surface area contributed by atoms with E-state index in [2.05, 4.69) is 23.5 Å². The highest BCUT2D eigenvalue weighted by Gasteiger charge is 2.15. The van der Waals surface area contributed by atoms with Gasteiger partial charge >= 0.3 is 0 Å². The number of nitrogens with zero attached hydrogens (tertiary/aromatic N) is 1. The van der Waals surface area contributed by atoms with E-state index in [1.165, 1.54) is 32.4 Å². The summed E-state index contributed by atoms with van der Waals surface area (Å²) >= 11 is 4.20. The minimum absolute atomic E-state index is 0.601. The summed E-state index contributed by atoms with van der Waals surface area (Å²) in [6, 6.07) is 0. The third-order valence-corrected chi connectivity index (χ3v) is 3.58. The Balaban J connectivity index is 2.24. The lowest BCUT2D eigenvalue weighted by Gasteiger charge is -2.30. The van der Waals surface area contributed by atoms with Gasteiger partial charge in [0.1, 0.15) is 0 Å². The first kappa shape index (κ1) is 8.75. The van der Waals surface area contributed by atoms with Crippen molar-refractivity contribution in [3.8, 4) is 0 Å². The van der Waals surface area contributed by atoms with Crippen molar-refractivity contribution in [2.24, 2.45) is 0 Å². The Labute approximate surface area is 72.4 Å². The van der Waals surface area contributed by atoms with Gasteiger partial charge in [0.25, 0.3) is 0 Å². The van der Waals surface area contributed by atoms with Gasteiger partial charge in [-0.3, -0.25) is 4.90 Å². The minimum Gasteiger partial charge on any atom is -0.291 e. The molecule has 1 saturated heterocycles. The average Bonchev–Trinajstić information content (AvgIpc) is 2.05. The van der Waals surface area contributed by atoms with Gasteiger partial charge in [-0.25, -0.2) is 0 Å². The molecule has 0 N–H and O–H groups in total. The summed E-state index contributed by atoms with van der Waals surface area (Å²) in [5.74, 6) is 0. The van der Waals surface area contributed by atoms with Crippen LogP contribution < -0.4 is 0 Å². The molecular formula is C7H15NS2. The van der Waals surface area contributed by atoms with Crippen LogP contribution in [0.25, 0.3) is 0 Å². The Kier molecular flexibility index (Phi) is 3.96. The van der Waals surface area contributed by atoms with Crippen LogP contribution in [-0.2, 0) is 0 Å². The summed E-state index contributed by atoms with van der Waals surface area (Å²) in [6.07, 6.45) is 4.16. The van der Waals surface area contributed by atoms with Crippen LogP contribution in [0.3, 0.4) is 0 Å². The number of rotatable bonds is 2. The van der Waals surface area contributed by atoms with E-state index in [0.29, 0.717) is 5.37 Å². The lowest BCUT2D eigenvalue weighted by Crippen LogP contribution is -2.34. The number of thiol groups is 1. The normalized spacial score (nSPS) is 24.6. The zero-order valence-electron chi connectivity index (χ0n) is 6.42. The van der Waals surface area contributed by atoms with Crippen molar-refractivity contribution in [1.29, 1.82) is 0 Å². The molecule has 1 fully saturated rings. The minimum atomic E-state index is 0.601. The van der Waals surface area contributed by atoms with E-state index in [-0.39, 0.29) is 0 Å². The summed E-state index contributed by atoms with van der Waals surface area (Å²) in [5, 5.41) is 0.601. The summed E-state index contributed by atoms with van der Waals surface area (Å²) in [7, 11) is 1.65. The van der Waals surface area contributed by atoms with Crippen molar-refractivity contribution in [1.82, 2.24) is 4.90 Å². The lowest BCUT2D eigenvalue weighted by atomic mass is 10.1. The third-order valence-electron chi connectivity index (χ3n) is 2.06. The fraction of sp³-hybridized carbons (Fsp3) is 1.00. The molecule has 1 aliphatic heterocycles. The maximum atomic E-state index is 4.20. The number of likely N-dealkylation sites (tertiary alicyclic amines) is 1. The first-order chi connectivity index (χ1) is 4.84. The standard InChI is InChI=1S/C7H15NS2/c1-7(10-9)8-5-3-2-4-6-8/h7,9H,2-6H2,1H3. The SMILES string of the molecule is CC(SS)N1CCCCC1. The van der Waals surface area contributed by atoms with Gasteiger partial charge in [-0.1, -0.05) is 17.2 Å². The van der Waals surface area contributed by atoms with Gasteiger partial charge in [-0.2, -0.15) is 0 Å².